The monoisotopic (exact) mass is 781 g/mol. The molecule has 0 saturated heterocycles. The Hall–Kier alpha value is -7.00. The highest BCUT2D eigenvalue weighted by atomic mass is 32.1. The van der Waals surface area contributed by atoms with Crippen molar-refractivity contribution in [2.24, 2.45) is 0 Å². The average Bonchev–Trinajstić information content (AvgIpc) is 3.99. The first-order chi connectivity index (χ1) is 29.5. The van der Waals surface area contributed by atoms with Gasteiger partial charge in [0.15, 0.2) is 0 Å². The van der Waals surface area contributed by atoms with Crippen LogP contribution in [0.15, 0.2) is 200 Å². The zero-order chi connectivity index (χ0) is 39.7. The lowest BCUT2D eigenvalue weighted by Crippen LogP contribution is -2.26. The van der Waals surface area contributed by atoms with Gasteiger partial charge in [0.25, 0.3) is 0 Å². The second kappa shape index (κ2) is 12.3. The highest BCUT2D eigenvalue weighted by molar-refractivity contribution is 7.26. The van der Waals surface area contributed by atoms with Gasteiger partial charge in [0.05, 0.1) is 11.1 Å². The quantitative estimate of drug-likeness (QED) is 0.172. The summed E-state index contributed by atoms with van der Waals surface area (Å²) in [5, 5.41) is 2.58. The first kappa shape index (κ1) is 33.9. The predicted octanol–water partition coefficient (Wildman–Crippen LogP) is 15.8. The zero-order valence-electron chi connectivity index (χ0n) is 33.4. The Bertz CT molecular complexity index is 3370. The van der Waals surface area contributed by atoms with E-state index < -0.39 is 5.41 Å². The van der Waals surface area contributed by atoms with Crippen LogP contribution in [-0.4, -0.2) is 0 Å². The summed E-state index contributed by atoms with van der Waals surface area (Å²) in [6.45, 7) is 4.77. The molecule has 0 bridgehead atoms. The number of benzene rings is 9. The Morgan fingerprint density at radius 3 is 1.62 bits per heavy atom. The summed E-state index contributed by atoms with van der Waals surface area (Å²) >= 11 is 1.88. The van der Waals surface area contributed by atoms with Crippen molar-refractivity contribution in [3.63, 3.8) is 0 Å². The van der Waals surface area contributed by atoms with Gasteiger partial charge in [-0.1, -0.05) is 172 Å². The summed E-state index contributed by atoms with van der Waals surface area (Å²) in [5.74, 6) is 0. The Morgan fingerprint density at radius 1 is 0.383 bits per heavy atom. The Kier molecular flexibility index (Phi) is 6.94. The first-order valence-corrected chi connectivity index (χ1v) is 21.8. The van der Waals surface area contributed by atoms with E-state index >= 15 is 0 Å². The van der Waals surface area contributed by atoms with E-state index in [4.69, 9.17) is 0 Å². The Labute approximate surface area is 354 Å². The second-order valence-corrected chi connectivity index (χ2v) is 18.2. The molecule has 0 aliphatic heterocycles. The summed E-state index contributed by atoms with van der Waals surface area (Å²) in [6.07, 6.45) is 0. The Balaban J connectivity index is 1.08. The molecule has 282 valence electrons. The van der Waals surface area contributed by atoms with E-state index in [0.717, 1.165) is 11.4 Å². The molecule has 13 rings (SSSR count). The molecule has 2 heteroatoms. The van der Waals surface area contributed by atoms with E-state index in [0.29, 0.717) is 0 Å². The van der Waals surface area contributed by atoms with Crippen molar-refractivity contribution in [1.82, 2.24) is 0 Å². The van der Waals surface area contributed by atoms with Crippen LogP contribution in [0.5, 0.6) is 0 Å². The number of thiophene rings is 1. The van der Waals surface area contributed by atoms with Crippen LogP contribution in [-0.2, 0) is 10.8 Å². The average molecular weight is 782 g/mol. The standard InChI is InChI=1S/C58H39NS/c1-57(2)47-25-8-3-21-43(47)45-24-14-23-39(56(45)57)36-16-13-17-37(34-36)59(52-29-15-31-54-55(52)46-22-7-12-30-53(46)60-54)38-32-33-44-42-20-6-11-28-50(42)58(51(44)35-38)48-26-9-4-18-40(48)41-19-5-10-27-49(41)58/h3-35H,1-2H3. The number of hydrogen-bond donors (Lipinski definition) is 0. The highest BCUT2D eigenvalue weighted by Crippen LogP contribution is 2.63. The molecular formula is C58H39NS. The van der Waals surface area contributed by atoms with Crippen LogP contribution >= 0.6 is 11.3 Å². The topological polar surface area (TPSA) is 3.24 Å². The van der Waals surface area contributed by atoms with Gasteiger partial charge in [-0.05, 0) is 120 Å². The second-order valence-electron chi connectivity index (χ2n) is 17.1. The molecule has 3 aliphatic carbocycles. The van der Waals surface area contributed by atoms with Crippen LogP contribution in [0.2, 0.25) is 0 Å². The molecule has 60 heavy (non-hydrogen) atoms. The molecule has 0 unspecified atom stereocenters. The normalized spacial score (nSPS) is 14.4. The van der Waals surface area contributed by atoms with E-state index in [-0.39, 0.29) is 5.41 Å². The van der Waals surface area contributed by atoms with Gasteiger partial charge in [-0.3, -0.25) is 0 Å². The van der Waals surface area contributed by atoms with Crippen molar-refractivity contribution in [3.05, 3.63) is 234 Å². The molecule has 1 spiro atoms. The van der Waals surface area contributed by atoms with E-state index in [2.05, 4.69) is 219 Å². The summed E-state index contributed by atoms with van der Waals surface area (Å²) in [4.78, 5) is 2.54. The smallest absolute Gasteiger partial charge is 0.0726 e. The van der Waals surface area contributed by atoms with E-state index in [1.54, 1.807) is 0 Å². The lowest BCUT2D eigenvalue weighted by Gasteiger charge is -2.32. The summed E-state index contributed by atoms with van der Waals surface area (Å²) in [5.41, 5.74) is 21.6. The lowest BCUT2D eigenvalue weighted by atomic mass is 9.70. The van der Waals surface area contributed by atoms with Gasteiger partial charge in [0, 0.05) is 37.0 Å². The molecule has 0 atom stereocenters. The SMILES string of the molecule is CC1(C)c2ccccc2-c2cccc(-c3cccc(N(c4ccc5c(c4)C4(c6ccccc6-c6ccccc64)c4ccccc4-5)c4cccc5sc6ccccc6c45)c3)c21. The maximum absolute atomic E-state index is 2.54. The number of anilines is 3. The minimum Gasteiger partial charge on any atom is -0.310 e. The third kappa shape index (κ3) is 4.36. The summed E-state index contributed by atoms with van der Waals surface area (Å²) in [7, 11) is 0. The molecule has 9 aromatic carbocycles. The van der Waals surface area contributed by atoms with Crippen molar-refractivity contribution in [3.8, 4) is 44.5 Å². The van der Waals surface area contributed by atoms with Crippen molar-refractivity contribution in [2.45, 2.75) is 24.7 Å². The third-order valence-electron chi connectivity index (χ3n) is 13.9. The van der Waals surface area contributed by atoms with Crippen molar-refractivity contribution < 1.29 is 0 Å². The molecule has 0 saturated carbocycles. The molecule has 0 amide bonds. The Morgan fingerprint density at radius 2 is 0.900 bits per heavy atom. The van der Waals surface area contributed by atoms with Gasteiger partial charge < -0.3 is 4.90 Å². The molecule has 1 nitrogen and oxygen atoms in total. The molecule has 3 aliphatic rings. The molecule has 1 aromatic heterocycles. The molecule has 0 N–H and O–H groups in total. The summed E-state index contributed by atoms with van der Waals surface area (Å²) in [6, 6.07) is 75.4. The molecular weight excluding hydrogens is 743 g/mol. The van der Waals surface area contributed by atoms with Crippen molar-refractivity contribution in [2.75, 3.05) is 4.90 Å². The van der Waals surface area contributed by atoms with Gasteiger partial charge in [0.2, 0.25) is 0 Å². The lowest BCUT2D eigenvalue weighted by molar-refractivity contribution is 0.662. The van der Waals surface area contributed by atoms with Crippen LogP contribution < -0.4 is 4.90 Å². The molecule has 10 aromatic rings. The number of nitrogens with zero attached hydrogens (tertiary/aromatic N) is 1. The van der Waals surface area contributed by atoms with Gasteiger partial charge in [0.1, 0.15) is 0 Å². The fraction of sp³-hybridized carbons (Fsp3) is 0.0690. The van der Waals surface area contributed by atoms with Crippen molar-refractivity contribution in [1.29, 1.82) is 0 Å². The maximum atomic E-state index is 2.54. The van der Waals surface area contributed by atoms with Gasteiger partial charge >= 0.3 is 0 Å². The zero-order valence-corrected chi connectivity index (χ0v) is 34.2. The van der Waals surface area contributed by atoms with E-state index in [9.17, 15) is 0 Å². The number of hydrogen-bond acceptors (Lipinski definition) is 2. The van der Waals surface area contributed by atoms with Gasteiger partial charge in [-0.15, -0.1) is 11.3 Å². The van der Waals surface area contributed by atoms with Crippen LogP contribution in [0.1, 0.15) is 47.2 Å². The molecule has 0 radical (unpaired) electrons. The maximum Gasteiger partial charge on any atom is 0.0726 e. The van der Waals surface area contributed by atoms with Crippen LogP contribution in [0, 0.1) is 0 Å². The van der Waals surface area contributed by atoms with Crippen molar-refractivity contribution >= 4 is 48.6 Å². The van der Waals surface area contributed by atoms with Gasteiger partial charge in [-0.25, -0.2) is 0 Å². The first-order valence-electron chi connectivity index (χ1n) is 21.0. The van der Waals surface area contributed by atoms with Crippen LogP contribution in [0.3, 0.4) is 0 Å². The number of fused-ring (bicyclic) bond motifs is 16. The third-order valence-corrected chi connectivity index (χ3v) is 15.0. The highest BCUT2D eigenvalue weighted by Gasteiger charge is 2.51. The summed E-state index contributed by atoms with van der Waals surface area (Å²) < 4.78 is 2.59. The van der Waals surface area contributed by atoms with Crippen LogP contribution in [0.4, 0.5) is 17.1 Å². The predicted molar refractivity (Wildman–Crippen MR) is 253 cm³/mol. The minimum atomic E-state index is -0.436. The fourth-order valence-electron chi connectivity index (χ4n) is 11.5. The number of rotatable bonds is 4. The van der Waals surface area contributed by atoms with E-state index in [1.165, 1.54) is 104 Å². The van der Waals surface area contributed by atoms with E-state index in [1.807, 2.05) is 11.3 Å². The molecule has 1 heterocycles. The fourth-order valence-corrected chi connectivity index (χ4v) is 12.6. The minimum absolute atomic E-state index is 0.128. The molecule has 0 fully saturated rings. The van der Waals surface area contributed by atoms with Gasteiger partial charge in [-0.2, -0.15) is 0 Å². The van der Waals surface area contributed by atoms with Crippen LogP contribution in [0.25, 0.3) is 64.7 Å². The largest absolute Gasteiger partial charge is 0.310 e.